The first kappa shape index (κ1) is 18.7. The molecule has 31 heavy (non-hydrogen) atoms. The number of ether oxygens (including phenoxy) is 1. The SMILES string of the molecule is CCOc1ccccc1-n1nnc2c(=O)n(Cc3nc(-c4ccccc4)no3)cnc21. The van der Waals surface area contributed by atoms with Gasteiger partial charge in [-0.05, 0) is 19.1 Å². The Morgan fingerprint density at radius 3 is 2.71 bits per heavy atom. The quantitative estimate of drug-likeness (QED) is 0.416. The van der Waals surface area contributed by atoms with Gasteiger partial charge < -0.3 is 9.26 Å². The van der Waals surface area contributed by atoms with Gasteiger partial charge in [0.15, 0.2) is 11.2 Å². The minimum absolute atomic E-state index is 0.0734. The van der Waals surface area contributed by atoms with E-state index >= 15 is 0 Å². The van der Waals surface area contributed by atoms with Crippen LogP contribution in [0.4, 0.5) is 0 Å². The number of benzene rings is 2. The molecule has 0 saturated carbocycles. The van der Waals surface area contributed by atoms with Gasteiger partial charge in [-0.1, -0.05) is 52.8 Å². The van der Waals surface area contributed by atoms with Crippen LogP contribution >= 0.6 is 0 Å². The first-order valence-corrected chi connectivity index (χ1v) is 9.65. The topological polar surface area (TPSA) is 114 Å². The molecule has 0 fully saturated rings. The molecular formula is C21H17N7O3. The van der Waals surface area contributed by atoms with E-state index in [0.717, 1.165) is 5.56 Å². The van der Waals surface area contributed by atoms with Crippen molar-refractivity contribution in [1.29, 1.82) is 0 Å². The third-order valence-electron chi connectivity index (χ3n) is 4.63. The van der Waals surface area contributed by atoms with Crippen molar-refractivity contribution in [3.8, 4) is 22.8 Å². The fourth-order valence-corrected chi connectivity index (χ4v) is 3.20. The molecule has 154 valence electrons. The van der Waals surface area contributed by atoms with E-state index < -0.39 is 0 Å². The van der Waals surface area contributed by atoms with Gasteiger partial charge in [0.05, 0.1) is 6.61 Å². The summed E-state index contributed by atoms with van der Waals surface area (Å²) >= 11 is 0. The van der Waals surface area contributed by atoms with Gasteiger partial charge >= 0.3 is 0 Å². The Balaban J connectivity index is 1.49. The Labute approximate surface area is 175 Å². The van der Waals surface area contributed by atoms with Crippen molar-refractivity contribution in [3.05, 3.63) is 77.2 Å². The fourth-order valence-electron chi connectivity index (χ4n) is 3.20. The highest BCUT2D eigenvalue weighted by atomic mass is 16.5. The van der Waals surface area contributed by atoms with Crippen LogP contribution in [0.5, 0.6) is 5.75 Å². The standard InChI is InChI=1S/C21H17N7O3/c1-2-30-16-11-7-6-10-15(16)28-20-18(24-26-28)21(29)27(13-22-20)12-17-23-19(25-31-17)14-8-4-3-5-9-14/h3-11,13H,2,12H2,1H3. The molecule has 0 amide bonds. The van der Waals surface area contributed by atoms with Crippen molar-refractivity contribution in [1.82, 2.24) is 34.7 Å². The fraction of sp³-hybridized carbons (Fsp3) is 0.143. The van der Waals surface area contributed by atoms with Crippen LogP contribution < -0.4 is 10.3 Å². The number of nitrogens with zero attached hydrogens (tertiary/aromatic N) is 7. The van der Waals surface area contributed by atoms with E-state index in [1.807, 2.05) is 61.5 Å². The second-order valence-electron chi connectivity index (χ2n) is 6.63. The maximum absolute atomic E-state index is 13.0. The Morgan fingerprint density at radius 2 is 1.87 bits per heavy atom. The Hall–Kier alpha value is -4.34. The summed E-state index contributed by atoms with van der Waals surface area (Å²) in [6.45, 7) is 2.47. The third kappa shape index (κ3) is 3.44. The molecule has 5 aromatic rings. The molecule has 0 bridgehead atoms. The van der Waals surface area contributed by atoms with E-state index in [4.69, 9.17) is 9.26 Å². The van der Waals surface area contributed by atoms with Crippen LogP contribution in [-0.2, 0) is 6.54 Å². The average Bonchev–Trinajstić information content (AvgIpc) is 3.45. The van der Waals surface area contributed by atoms with Crippen molar-refractivity contribution in [3.63, 3.8) is 0 Å². The minimum Gasteiger partial charge on any atom is -0.492 e. The first-order chi connectivity index (χ1) is 15.2. The molecule has 3 heterocycles. The number of fused-ring (bicyclic) bond motifs is 1. The number of rotatable bonds is 6. The van der Waals surface area contributed by atoms with Gasteiger partial charge in [0, 0.05) is 5.56 Å². The highest BCUT2D eigenvalue weighted by Gasteiger charge is 2.17. The summed E-state index contributed by atoms with van der Waals surface area (Å²) in [5.74, 6) is 1.37. The minimum atomic E-state index is -0.357. The van der Waals surface area contributed by atoms with E-state index in [9.17, 15) is 4.79 Å². The summed E-state index contributed by atoms with van der Waals surface area (Å²) in [7, 11) is 0. The summed E-state index contributed by atoms with van der Waals surface area (Å²) in [5.41, 5.74) is 1.60. The number of hydrogen-bond donors (Lipinski definition) is 0. The van der Waals surface area contributed by atoms with Gasteiger partial charge in [0.25, 0.3) is 5.56 Å². The summed E-state index contributed by atoms with van der Waals surface area (Å²) in [6.07, 6.45) is 1.42. The zero-order valence-electron chi connectivity index (χ0n) is 16.5. The molecule has 3 aromatic heterocycles. The maximum atomic E-state index is 13.0. The average molecular weight is 415 g/mol. The van der Waals surface area contributed by atoms with E-state index in [0.29, 0.717) is 29.5 Å². The van der Waals surface area contributed by atoms with Crippen molar-refractivity contribution < 1.29 is 9.26 Å². The lowest BCUT2D eigenvalue weighted by Gasteiger charge is -2.09. The molecule has 0 aliphatic rings. The molecule has 2 aromatic carbocycles. The molecule has 0 radical (unpaired) electrons. The maximum Gasteiger partial charge on any atom is 0.284 e. The van der Waals surface area contributed by atoms with Crippen LogP contribution in [0, 0.1) is 0 Å². The summed E-state index contributed by atoms with van der Waals surface area (Å²) in [5, 5.41) is 12.1. The van der Waals surface area contributed by atoms with Crippen LogP contribution in [0.1, 0.15) is 12.8 Å². The van der Waals surface area contributed by atoms with Gasteiger partial charge in [-0.2, -0.15) is 9.67 Å². The molecule has 0 aliphatic carbocycles. The zero-order chi connectivity index (χ0) is 21.2. The third-order valence-corrected chi connectivity index (χ3v) is 4.63. The lowest BCUT2D eigenvalue weighted by atomic mass is 10.2. The molecule has 10 nitrogen and oxygen atoms in total. The van der Waals surface area contributed by atoms with Crippen molar-refractivity contribution in [2.24, 2.45) is 0 Å². The molecule has 10 heteroatoms. The van der Waals surface area contributed by atoms with E-state index in [1.165, 1.54) is 15.6 Å². The molecule has 0 aliphatic heterocycles. The van der Waals surface area contributed by atoms with Gasteiger partial charge in [0.1, 0.15) is 24.3 Å². The number of aromatic nitrogens is 7. The normalized spacial score (nSPS) is 11.1. The van der Waals surface area contributed by atoms with Gasteiger partial charge in [-0.3, -0.25) is 9.36 Å². The van der Waals surface area contributed by atoms with Crippen LogP contribution in [0.2, 0.25) is 0 Å². The lowest BCUT2D eigenvalue weighted by Crippen LogP contribution is -2.21. The van der Waals surface area contributed by atoms with E-state index in [1.54, 1.807) is 0 Å². The van der Waals surface area contributed by atoms with Crippen molar-refractivity contribution >= 4 is 11.2 Å². The molecule has 0 atom stereocenters. The van der Waals surface area contributed by atoms with Gasteiger partial charge in [-0.25, -0.2) is 4.98 Å². The summed E-state index contributed by atoms with van der Waals surface area (Å²) < 4.78 is 13.8. The molecular weight excluding hydrogens is 398 g/mol. The van der Waals surface area contributed by atoms with Crippen molar-refractivity contribution in [2.75, 3.05) is 6.61 Å². The van der Waals surface area contributed by atoms with Gasteiger partial charge in [0.2, 0.25) is 11.7 Å². The van der Waals surface area contributed by atoms with Crippen molar-refractivity contribution in [2.45, 2.75) is 13.5 Å². The zero-order valence-corrected chi connectivity index (χ0v) is 16.5. The second kappa shape index (κ2) is 7.82. The van der Waals surface area contributed by atoms with Gasteiger partial charge in [-0.15, -0.1) is 5.10 Å². The molecule has 5 rings (SSSR count). The van der Waals surface area contributed by atoms with Crippen LogP contribution in [-0.4, -0.2) is 41.3 Å². The monoisotopic (exact) mass is 415 g/mol. The Bertz CT molecular complexity index is 1410. The second-order valence-corrected chi connectivity index (χ2v) is 6.63. The number of hydrogen-bond acceptors (Lipinski definition) is 8. The summed E-state index contributed by atoms with van der Waals surface area (Å²) in [6, 6.07) is 16.8. The smallest absolute Gasteiger partial charge is 0.284 e. The molecule has 0 spiro atoms. The highest BCUT2D eigenvalue weighted by Crippen LogP contribution is 2.23. The largest absolute Gasteiger partial charge is 0.492 e. The predicted octanol–water partition coefficient (Wildman–Crippen LogP) is 2.47. The predicted molar refractivity (Wildman–Crippen MR) is 111 cm³/mol. The highest BCUT2D eigenvalue weighted by molar-refractivity contribution is 5.71. The molecule has 0 saturated heterocycles. The Morgan fingerprint density at radius 1 is 1.06 bits per heavy atom. The lowest BCUT2D eigenvalue weighted by molar-refractivity contribution is 0.338. The molecule has 0 N–H and O–H groups in total. The Kier molecular flexibility index (Phi) is 4.71. The number of para-hydroxylation sites is 2. The van der Waals surface area contributed by atoms with Crippen LogP contribution in [0.15, 0.2) is 70.2 Å². The first-order valence-electron chi connectivity index (χ1n) is 9.65. The van der Waals surface area contributed by atoms with E-state index in [2.05, 4.69) is 25.4 Å². The van der Waals surface area contributed by atoms with E-state index in [-0.39, 0.29) is 23.5 Å². The van der Waals surface area contributed by atoms with Crippen LogP contribution in [0.3, 0.4) is 0 Å². The van der Waals surface area contributed by atoms with Crippen LogP contribution in [0.25, 0.3) is 28.2 Å². The summed E-state index contributed by atoms with van der Waals surface area (Å²) in [4.78, 5) is 21.7. The molecule has 0 unspecified atom stereocenters.